The Morgan fingerprint density at radius 1 is 1.05 bits per heavy atom. The van der Waals surface area contributed by atoms with Crippen LogP contribution in [0.2, 0.25) is 0 Å². The van der Waals surface area contributed by atoms with E-state index in [4.69, 9.17) is 9.47 Å². The highest BCUT2D eigenvalue weighted by Gasteiger charge is 2.06. The Balaban J connectivity index is 1.87. The van der Waals surface area contributed by atoms with Gasteiger partial charge in [-0.05, 0) is 31.2 Å². The lowest BCUT2D eigenvalue weighted by atomic mass is 10.1. The number of carbonyl (C=O) groups is 2. The molecule has 122 valence electrons. The van der Waals surface area contributed by atoms with E-state index in [-0.39, 0.29) is 11.9 Å². The third kappa shape index (κ3) is 7.98. The Kier molecular flexibility index (Phi) is 9.23. The van der Waals surface area contributed by atoms with Crippen LogP contribution in [0.25, 0.3) is 0 Å². The average molecular weight is 324 g/mol. The van der Waals surface area contributed by atoms with Crippen molar-refractivity contribution < 1.29 is 19.1 Å². The topological polar surface area (TPSA) is 52.6 Å². The number of unbranched alkanes of at least 4 members (excludes halogenated alkanes) is 5. The van der Waals surface area contributed by atoms with Gasteiger partial charge >= 0.3 is 11.9 Å². The fourth-order valence-corrected chi connectivity index (χ4v) is 2.45. The number of hydrogen-bond donors (Lipinski definition) is 0. The third-order valence-corrected chi connectivity index (χ3v) is 3.93. The van der Waals surface area contributed by atoms with E-state index in [0.717, 1.165) is 38.5 Å². The van der Waals surface area contributed by atoms with Crippen LogP contribution in [0.5, 0.6) is 0 Å². The van der Waals surface area contributed by atoms with Gasteiger partial charge in [-0.2, -0.15) is 0 Å². The maximum atomic E-state index is 11.6. The summed E-state index contributed by atoms with van der Waals surface area (Å²) >= 11 is 1.40. The van der Waals surface area contributed by atoms with E-state index in [1.54, 1.807) is 13.0 Å². The summed E-state index contributed by atoms with van der Waals surface area (Å²) in [7, 11) is 0. The molecule has 0 aliphatic heterocycles. The highest BCUT2D eigenvalue weighted by Crippen LogP contribution is 2.11. The fourth-order valence-electron chi connectivity index (χ4n) is 1.83. The zero-order chi connectivity index (χ0) is 16.2. The van der Waals surface area contributed by atoms with E-state index in [1.165, 1.54) is 11.3 Å². The predicted molar refractivity (Wildman–Crippen MR) is 88.1 cm³/mol. The van der Waals surface area contributed by atoms with Gasteiger partial charge in [0.25, 0.3) is 0 Å². The monoisotopic (exact) mass is 324 g/mol. The molecule has 0 fully saturated rings. The average Bonchev–Trinajstić information content (AvgIpc) is 3.02. The molecule has 0 aliphatic rings. The second-order valence-electron chi connectivity index (χ2n) is 5.15. The molecule has 0 amide bonds. The van der Waals surface area contributed by atoms with Crippen molar-refractivity contribution in [2.75, 3.05) is 13.2 Å². The first-order valence-corrected chi connectivity index (χ1v) is 8.52. The van der Waals surface area contributed by atoms with Crippen molar-refractivity contribution in [3.05, 3.63) is 34.5 Å². The van der Waals surface area contributed by atoms with Crippen molar-refractivity contribution in [1.82, 2.24) is 0 Å². The maximum absolute atomic E-state index is 11.6. The number of rotatable bonds is 11. The molecule has 0 saturated heterocycles. The van der Waals surface area contributed by atoms with E-state index < -0.39 is 0 Å². The van der Waals surface area contributed by atoms with Gasteiger partial charge < -0.3 is 9.47 Å². The SMILES string of the molecule is C=C(C)C(=O)OCCCCCCCCOC(=O)c1cccs1. The van der Waals surface area contributed by atoms with Crippen LogP contribution in [0.1, 0.15) is 55.1 Å². The van der Waals surface area contributed by atoms with Crippen LogP contribution >= 0.6 is 11.3 Å². The zero-order valence-corrected chi connectivity index (χ0v) is 14.0. The van der Waals surface area contributed by atoms with Gasteiger partial charge in [-0.25, -0.2) is 9.59 Å². The van der Waals surface area contributed by atoms with E-state index in [1.807, 2.05) is 11.4 Å². The first-order chi connectivity index (χ1) is 10.6. The molecule has 0 saturated carbocycles. The van der Waals surface area contributed by atoms with Gasteiger partial charge in [0.15, 0.2) is 0 Å². The van der Waals surface area contributed by atoms with Gasteiger partial charge in [-0.3, -0.25) is 0 Å². The summed E-state index contributed by atoms with van der Waals surface area (Å²) in [6.07, 6.45) is 6.06. The lowest BCUT2D eigenvalue weighted by Gasteiger charge is -2.05. The van der Waals surface area contributed by atoms with E-state index in [2.05, 4.69) is 6.58 Å². The molecule has 0 N–H and O–H groups in total. The van der Waals surface area contributed by atoms with Crippen LogP contribution in [0.3, 0.4) is 0 Å². The van der Waals surface area contributed by atoms with Crippen molar-refractivity contribution in [2.24, 2.45) is 0 Å². The van der Waals surface area contributed by atoms with Gasteiger partial charge in [-0.1, -0.05) is 38.3 Å². The number of hydrogen-bond acceptors (Lipinski definition) is 5. The quantitative estimate of drug-likeness (QED) is 0.345. The van der Waals surface area contributed by atoms with Crippen LogP contribution < -0.4 is 0 Å². The minimum absolute atomic E-state index is 0.227. The Labute approximate surface area is 136 Å². The molecule has 1 aromatic rings. The molecule has 0 radical (unpaired) electrons. The van der Waals surface area contributed by atoms with Gasteiger partial charge in [-0.15, -0.1) is 11.3 Å². The number of esters is 2. The number of ether oxygens (including phenoxy) is 2. The van der Waals surface area contributed by atoms with Crippen LogP contribution in [-0.2, 0) is 14.3 Å². The summed E-state index contributed by atoms with van der Waals surface area (Å²) in [4.78, 5) is 23.3. The largest absolute Gasteiger partial charge is 0.462 e. The van der Waals surface area contributed by atoms with Crippen molar-refractivity contribution in [1.29, 1.82) is 0 Å². The highest BCUT2D eigenvalue weighted by atomic mass is 32.1. The van der Waals surface area contributed by atoms with E-state index in [9.17, 15) is 9.59 Å². The zero-order valence-electron chi connectivity index (χ0n) is 13.1. The van der Waals surface area contributed by atoms with Crippen LogP contribution in [-0.4, -0.2) is 25.2 Å². The van der Waals surface area contributed by atoms with Gasteiger partial charge in [0.05, 0.1) is 13.2 Å². The predicted octanol–water partition coefficient (Wildman–Crippen LogP) is 4.36. The molecular formula is C17H24O4S. The Morgan fingerprint density at radius 2 is 1.64 bits per heavy atom. The molecule has 1 aromatic heterocycles. The molecule has 1 heterocycles. The Hall–Kier alpha value is -1.62. The minimum atomic E-state index is -0.312. The first-order valence-electron chi connectivity index (χ1n) is 7.64. The first kappa shape index (κ1) is 18.4. The Bertz CT molecular complexity index is 465. The van der Waals surface area contributed by atoms with Gasteiger partial charge in [0.1, 0.15) is 4.88 Å². The number of carbonyl (C=O) groups excluding carboxylic acids is 2. The molecule has 0 spiro atoms. The van der Waals surface area contributed by atoms with Crippen molar-refractivity contribution in [2.45, 2.75) is 45.4 Å². The third-order valence-electron chi connectivity index (χ3n) is 3.08. The summed E-state index contributed by atoms with van der Waals surface area (Å²) in [6, 6.07) is 3.61. The fraction of sp³-hybridized carbons (Fsp3) is 0.529. The molecule has 5 heteroatoms. The summed E-state index contributed by atoms with van der Waals surface area (Å²) in [6.45, 7) is 6.12. The highest BCUT2D eigenvalue weighted by molar-refractivity contribution is 7.11. The van der Waals surface area contributed by atoms with Crippen LogP contribution in [0.4, 0.5) is 0 Å². The lowest BCUT2D eigenvalue weighted by Crippen LogP contribution is -2.06. The summed E-state index contributed by atoms with van der Waals surface area (Å²) in [5.74, 6) is -0.540. The van der Waals surface area contributed by atoms with Crippen molar-refractivity contribution in [3.8, 4) is 0 Å². The minimum Gasteiger partial charge on any atom is -0.462 e. The van der Waals surface area contributed by atoms with Crippen molar-refractivity contribution in [3.63, 3.8) is 0 Å². The maximum Gasteiger partial charge on any atom is 0.348 e. The normalized spacial score (nSPS) is 10.2. The smallest absolute Gasteiger partial charge is 0.348 e. The van der Waals surface area contributed by atoms with E-state index >= 15 is 0 Å². The molecule has 0 aromatic carbocycles. The number of thiophene rings is 1. The molecule has 0 atom stereocenters. The second kappa shape index (κ2) is 11.0. The summed E-state index contributed by atoms with van der Waals surface area (Å²) < 4.78 is 10.2. The second-order valence-corrected chi connectivity index (χ2v) is 6.10. The molecule has 22 heavy (non-hydrogen) atoms. The summed E-state index contributed by atoms with van der Waals surface area (Å²) in [5, 5.41) is 1.87. The van der Waals surface area contributed by atoms with Gasteiger partial charge in [0, 0.05) is 5.57 Å². The molecule has 0 unspecified atom stereocenters. The molecule has 4 nitrogen and oxygen atoms in total. The summed E-state index contributed by atoms with van der Waals surface area (Å²) in [5.41, 5.74) is 0.442. The van der Waals surface area contributed by atoms with Crippen molar-refractivity contribution >= 4 is 23.3 Å². The molecule has 0 aliphatic carbocycles. The lowest BCUT2D eigenvalue weighted by molar-refractivity contribution is -0.139. The van der Waals surface area contributed by atoms with Gasteiger partial charge in [0.2, 0.25) is 0 Å². The molecule has 0 bridgehead atoms. The van der Waals surface area contributed by atoms with E-state index in [0.29, 0.717) is 23.7 Å². The Morgan fingerprint density at radius 3 is 2.18 bits per heavy atom. The van der Waals surface area contributed by atoms with Crippen LogP contribution in [0, 0.1) is 0 Å². The molecule has 1 rings (SSSR count). The molecular weight excluding hydrogens is 300 g/mol. The standard InChI is InChI=1S/C17H24O4S/c1-14(2)16(18)20-11-7-5-3-4-6-8-12-21-17(19)15-10-9-13-22-15/h9-10,13H,1,3-8,11-12H2,2H3. The van der Waals surface area contributed by atoms with Crippen LogP contribution in [0.15, 0.2) is 29.7 Å².